The summed E-state index contributed by atoms with van der Waals surface area (Å²) in [5.74, 6) is -0.177. The van der Waals surface area contributed by atoms with E-state index in [-0.39, 0.29) is 24.3 Å². The molecular weight excluding hydrogens is 208 g/mol. The van der Waals surface area contributed by atoms with E-state index in [2.05, 4.69) is 9.64 Å². The molecule has 0 bridgehead atoms. The van der Waals surface area contributed by atoms with Crippen molar-refractivity contribution in [3.05, 3.63) is 0 Å². The number of amides is 1. The molecule has 1 amide bonds. The van der Waals surface area contributed by atoms with Gasteiger partial charge < -0.3 is 9.64 Å². The van der Waals surface area contributed by atoms with Gasteiger partial charge in [-0.25, -0.2) is 0 Å². The van der Waals surface area contributed by atoms with Crippen LogP contribution in [0.2, 0.25) is 0 Å². The molecule has 1 saturated heterocycles. The van der Waals surface area contributed by atoms with Gasteiger partial charge in [-0.05, 0) is 26.4 Å². The monoisotopic (exact) mass is 228 g/mol. The van der Waals surface area contributed by atoms with Gasteiger partial charge in [0, 0.05) is 13.6 Å². The van der Waals surface area contributed by atoms with E-state index in [4.69, 9.17) is 0 Å². The van der Waals surface area contributed by atoms with E-state index >= 15 is 0 Å². The van der Waals surface area contributed by atoms with Crippen molar-refractivity contribution in [2.24, 2.45) is 0 Å². The Morgan fingerprint density at radius 3 is 2.69 bits per heavy atom. The topological polar surface area (TPSA) is 49.9 Å². The highest BCUT2D eigenvalue weighted by Crippen LogP contribution is 2.16. The van der Waals surface area contributed by atoms with Crippen LogP contribution in [-0.4, -0.2) is 62.0 Å². The van der Waals surface area contributed by atoms with Crippen LogP contribution in [0.1, 0.15) is 19.3 Å². The molecule has 1 atom stereocenters. The summed E-state index contributed by atoms with van der Waals surface area (Å²) in [6.07, 6.45) is 2.24. The Bertz CT molecular complexity index is 268. The molecule has 0 saturated carbocycles. The molecule has 1 aliphatic heterocycles. The van der Waals surface area contributed by atoms with Gasteiger partial charge >= 0.3 is 5.97 Å². The van der Waals surface area contributed by atoms with Crippen molar-refractivity contribution in [2.45, 2.75) is 25.3 Å². The molecule has 0 aliphatic carbocycles. The number of likely N-dealkylation sites (tertiary alicyclic amines) is 1. The summed E-state index contributed by atoms with van der Waals surface area (Å²) in [4.78, 5) is 26.6. The zero-order valence-electron chi connectivity index (χ0n) is 10.2. The second kappa shape index (κ2) is 5.84. The zero-order valence-corrected chi connectivity index (χ0v) is 10.2. The molecular formula is C11H20N2O3. The largest absolute Gasteiger partial charge is 0.469 e. The summed E-state index contributed by atoms with van der Waals surface area (Å²) in [7, 11) is 5.05. The maximum Gasteiger partial charge on any atom is 0.307 e. The summed E-state index contributed by atoms with van der Waals surface area (Å²) < 4.78 is 4.54. The Hall–Kier alpha value is -1.10. The van der Waals surface area contributed by atoms with Gasteiger partial charge in [-0.1, -0.05) is 0 Å². The minimum atomic E-state index is -0.278. The summed E-state index contributed by atoms with van der Waals surface area (Å²) in [6.45, 7) is 1.40. The van der Waals surface area contributed by atoms with Crippen molar-refractivity contribution in [3.63, 3.8) is 0 Å². The van der Waals surface area contributed by atoms with Gasteiger partial charge in [-0.2, -0.15) is 0 Å². The average Bonchev–Trinajstić information content (AvgIpc) is 2.70. The van der Waals surface area contributed by atoms with E-state index < -0.39 is 0 Å². The number of likely N-dealkylation sites (N-methyl/N-ethyl adjacent to an activating group) is 2. The lowest BCUT2D eigenvalue weighted by atomic mass is 10.2. The molecule has 1 heterocycles. The molecule has 5 nitrogen and oxygen atoms in total. The number of hydrogen-bond donors (Lipinski definition) is 0. The van der Waals surface area contributed by atoms with Gasteiger partial charge in [-0.15, -0.1) is 0 Å². The fourth-order valence-corrected chi connectivity index (χ4v) is 1.95. The maximum absolute atomic E-state index is 12.0. The molecule has 0 aromatic carbocycles. The molecule has 1 unspecified atom stereocenters. The van der Waals surface area contributed by atoms with E-state index in [1.165, 1.54) is 7.11 Å². The molecule has 0 radical (unpaired) electrons. The van der Waals surface area contributed by atoms with Crippen LogP contribution in [0.5, 0.6) is 0 Å². The van der Waals surface area contributed by atoms with Gasteiger partial charge in [0.2, 0.25) is 5.91 Å². The Balaban J connectivity index is 2.38. The molecule has 1 rings (SSSR count). The Morgan fingerprint density at radius 1 is 1.50 bits per heavy atom. The fourth-order valence-electron chi connectivity index (χ4n) is 1.95. The molecule has 0 N–H and O–H groups in total. The van der Waals surface area contributed by atoms with Gasteiger partial charge in [0.05, 0.1) is 19.6 Å². The normalized spacial score (nSPS) is 20.8. The van der Waals surface area contributed by atoms with Crippen LogP contribution in [0, 0.1) is 0 Å². The molecule has 0 aromatic rings. The first-order chi connectivity index (χ1) is 7.56. The SMILES string of the molecule is COC(=O)CCN(C)C(=O)C1CCCN1C. The van der Waals surface area contributed by atoms with E-state index in [0.717, 1.165) is 19.4 Å². The lowest BCUT2D eigenvalue weighted by molar-refractivity contribution is -0.142. The highest BCUT2D eigenvalue weighted by Gasteiger charge is 2.29. The van der Waals surface area contributed by atoms with Gasteiger partial charge in [0.15, 0.2) is 0 Å². The van der Waals surface area contributed by atoms with Crippen molar-refractivity contribution in [1.29, 1.82) is 0 Å². The first-order valence-electron chi connectivity index (χ1n) is 5.58. The number of methoxy groups -OCH3 is 1. The predicted molar refractivity (Wildman–Crippen MR) is 59.9 cm³/mol. The highest BCUT2D eigenvalue weighted by atomic mass is 16.5. The van der Waals surface area contributed by atoms with E-state index in [9.17, 15) is 9.59 Å². The third kappa shape index (κ3) is 3.20. The summed E-state index contributed by atoms with van der Waals surface area (Å²) >= 11 is 0. The smallest absolute Gasteiger partial charge is 0.307 e. The second-order valence-electron chi connectivity index (χ2n) is 4.22. The minimum Gasteiger partial charge on any atom is -0.469 e. The number of hydrogen-bond acceptors (Lipinski definition) is 4. The summed E-state index contributed by atoms with van der Waals surface area (Å²) in [5, 5.41) is 0. The molecule has 92 valence electrons. The lowest BCUT2D eigenvalue weighted by Crippen LogP contribution is -2.43. The summed E-state index contributed by atoms with van der Waals surface area (Å²) in [6, 6.07) is -0.0114. The van der Waals surface area contributed by atoms with Crippen molar-refractivity contribution in [1.82, 2.24) is 9.80 Å². The number of carbonyl (C=O) groups excluding carboxylic acids is 2. The van der Waals surface area contributed by atoms with Gasteiger partial charge in [0.1, 0.15) is 0 Å². The number of rotatable bonds is 4. The van der Waals surface area contributed by atoms with Crippen LogP contribution in [0.4, 0.5) is 0 Å². The maximum atomic E-state index is 12.0. The van der Waals surface area contributed by atoms with Gasteiger partial charge in [-0.3, -0.25) is 14.5 Å². The number of carbonyl (C=O) groups is 2. The van der Waals surface area contributed by atoms with Crippen molar-refractivity contribution >= 4 is 11.9 Å². The molecule has 0 aromatic heterocycles. The van der Waals surface area contributed by atoms with Crippen LogP contribution >= 0.6 is 0 Å². The zero-order chi connectivity index (χ0) is 12.1. The lowest BCUT2D eigenvalue weighted by Gasteiger charge is -2.24. The van der Waals surface area contributed by atoms with Crippen LogP contribution in [0.25, 0.3) is 0 Å². The predicted octanol–water partition coefficient (Wildman–Crippen LogP) is 0.102. The minimum absolute atomic E-state index is 0.0114. The molecule has 5 heteroatoms. The van der Waals surface area contributed by atoms with E-state index in [1.807, 2.05) is 7.05 Å². The number of ether oxygens (including phenoxy) is 1. The van der Waals surface area contributed by atoms with E-state index in [1.54, 1.807) is 11.9 Å². The summed E-state index contributed by atoms with van der Waals surface area (Å²) in [5.41, 5.74) is 0. The first kappa shape index (κ1) is 13.0. The van der Waals surface area contributed by atoms with Gasteiger partial charge in [0.25, 0.3) is 0 Å². The fraction of sp³-hybridized carbons (Fsp3) is 0.818. The molecule has 1 fully saturated rings. The quantitative estimate of drug-likeness (QED) is 0.640. The Labute approximate surface area is 96.3 Å². The first-order valence-corrected chi connectivity index (χ1v) is 5.58. The van der Waals surface area contributed by atoms with Crippen LogP contribution < -0.4 is 0 Å². The molecule has 16 heavy (non-hydrogen) atoms. The Kier molecular flexibility index (Phi) is 4.73. The third-order valence-corrected chi connectivity index (χ3v) is 3.06. The molecule has 1 aliphatic rings. The van der Waals surface area contributed by atoms with E-state index in [0.29, 0.717) is 6.54 Å². The van der Waals surface area contributed by atoms with Crippen LogP contribution in [-0.2, 0) is 14.3 Å². The van der Waals surface area contributed by atoms with Crippen molar-refractivity contribution < 1.29 is 14.3 Å². The van der Waals surface area contributed by atoms with Crippen LogP contribution in [0.15, 0.2) is 0 Å². The van der Waals surface area contributed by atoms with Crippen LogP contribution in [0.3, 0.4) is 0 Å². The standard InChI is InChI=1S/C11H20N2O3/c1-12-7-4-5-9(12)11(15)13(2)8-6-10(14)16-3/h9H,4-8H2,1-3H3. The molecule has 0 spiro atoms. The third-order valence-electron chi connectivity index (χ3n) is 3.06. The Morgan fingerprint density at radius 2 is 2.19 bits per heavy atom. The highest BCUT2D eigenvalue weighted by molar-refractivity contribution is 5.82. The average molecular weight is 228 g/mol. The number of esters is 1. The second-order valence-corrected chi connectivity index (χ2v) is 4.22. The van der Waals surface area contributed by atoms with Crippen molar-refractivity contribution in [2.75, 3.05) is 34.3 Å². The number of nitrogens with zero attached hydrogens (tertiary/aromatic N) is 2. The van der Waals surface area contributed by atoms with Crippen molar-refractivity contribution in [3.8, 4) is 0 Å².